The summed E-state index contributed by atoms with van der Waals surface area (Å²) in [6.45, 7) is 0.352. The number of nitrogens with two attached hydrogens (primary N) is 1. The van der Waals surface area contributed by atoms with Crippen molar-refractivity contribution in [3.8, 4) is 28.0 Å². The van der Waals surface area contributed by atoms with E-state index in [1.165, 1.54) is 12.1 Å². The van der Waals surface area contributed by atoms with E-state index in [0.717, 1.165) is 27.6 Å². The van der Waals surface area contributed by atoms with Gasteiger partial charge in [-0.3, -0.25) is 4.79 Å². The van der Waals surface area contributed by atoms with Crippen LogP contribution in [0.1, 0.15) is 15.9 Å². The Labute approximate surface area is 189 Å². The van der Waals surface area contributed by atoms with Crippen LogP contribution in [0.3, 0.4) is 0 Å². The highest BCUT2D eigenvalue weighted by atomic mass is 19.1. The standard InChI is InChI=1S/C27H20FN3O2/c28-22-10-20(11-23(13-22)33-16-17-4-2-1-3-5-17)25-15-31-27-24(25)12-21(14-30-27)18-6-8-19(9-7-18)26(29)32/h1-15H,16H2,(H2,29,32)(H,30,31). The van der Waals surface area contributed by atoms with Gasteiger partial charge in [-0.2, -0.15) is 0 Å². The summed E-state index contributed by atoms with van der Waals surface area (Å²) in [7, 11) is 0. The van der Waals surface area contributed by atoms with Crippen LogP contribution in [0.4, 0.5) is 4.39 Å². The van der Waals surface area contributed by atoms with E-state index in [4.69, 9.17) is 10.5 Å². The van der Waals surface area contributed by atoms with Gasteiger partial charge in [0.15, 0.2) is 0 Å². The third kappa shape index (κ3) is 4.32. The zero-order valence-corrected chi connectivity index (χ0v) is 17.6. The molecule has 0 aliphatic rings. The minimum Gasteiger partial charge on any atom is -0.489 e. The molecule has 0 radical (unpaired) electrons. The number of hydrogen-bond acceptors (Lipinski definition) is 3. The molecule has 5 nitrogen and oxygen atoms in total. The number of nitrogens with zero attached hydrogens (tertiary/aromatic N) is 1. The monoisotopic (exact) mass is 437 g/mol. The van der Waals surface area contributed by atoms with E-state index in [1.54, 1.807) is 18.3 Å². The largest absolute Gasteiger partial charge is 0.489 e. The van der Waals surface area contributed by atoms with Crippen molar-refractivity contribution in [3.63, 3.8) is 0 Å². The van der Waals surface area contributed by atoms with Crippen LogP contribution in [-0.2, 0) is 6.61 Å². The molecule has 0 aliphatic carbocycles. The Morgan fingerprint density at radius 1 is 0.939 bits per heavy atom. The minimum atomic E-state index is -0.473. The predicted molar refractivity (Wildman–Crippen MR) is 126 cm³/mol. The molecule has 0 fully saturated rings. The first-order valence-electron chi connectivity index (χ1n) is 10.4. The molecular formula is C27H20FN3O2. The van der Waals surface area contributed by atoms with Crippen LogP contribution in [-0.4, -0.2) is 15.9 Å². The first-order chi connectivity index (χ1) is 16.1. The second kappa shape index (κ2) is 8.59. The van der Waals surface area contributed by atoms with Crippen molar-refractivity contribution in [2.75, 3.05) is 0 Å². The van der Waals surface area contributed by atoms with Crippen LogP contribution >= 0.6 is 0 Å². The normalized spacial score (nSPS) is 10.9. The number of carbonyl (C=O) groups excluding carboxylic acids is 1. The third-order valence-electron chi connectivity index (χ3n) is 5.46. The molecule has 6 heteroatoms. The second-order valence-electron chi connectivity index (χ2n) is 7.71. The molecule has 0 saturated heterocycles. The summed E-state index contributed by atoms with van der Waals surface area (Å²) in [5, 5.41) is 0.853. The fraction of sp³-hybridized carbons (Fsp3) is 0.0370. The Kier molecular flexibility index (Phi) is 5.32. The average Bonchev–Trinajstić information content (AvgIpc) is 3.26. The zero-order chi connectivity index (χ0) is 22.8. The number of nitrogens with one attached hydrogen (secondary N) is 1. The van der Waals surface area contributed by atoms with Crippen LogP contribution in [0.2, 0.25) is 0 Å². The van der Waals surface area contributed by atoms with E-state index in [-0.39, 0.29) is 5.82 Å². The maximum absolute atomic E-state index is 14.4. The lowest BCUT2D eigenvalue weighted by Gasteiger charge is -2.09. The fourth-order valence-electron chi connectivity index (χ4n) is 3.77. The van der Waals surface area contributed by atoms with Crippen molar-refractivity contribution in [1.82, 2.24) is 9.97 Å². The van der Waals surface area contributed by atoms with E-state index in [1.807, 2.05) is 60.8 Å². The van der Waals surface area contributed by atoms with Gasteiger partial charge >= 0.3 is 0 Å². The fourth-order valence-corrected chi connectivity index (χ4v) is 3.77. The summed E-state index contributed by atoms with van der Waals surface area (Å²) >= 11 is 0. The molecule has 0 unspecified atom stereocenters. The summed E-state index contributed by atoms with van der Waals surface area (Å²) in [5.41, 5.74) is 10.7. The summed E-state index contributed by atoms with van der Waals surface area (Å²) in [4.78, 5) is 19.0. The van der Waals surface area contributed by atoms with Gasteiger partial charge in [0.25, 0.3) is 0 Å². The van der Waals surface area contributed by atoms with Crippen LogP contribution in [0.15, 0.2) is 91.3 Å². The highest BCUT2D eigenvalue weighted by Gasteiger charge is 2.12. The van der Waals surface area contributed by atoms with Gasteiger partial charge in [-0.15, -0.1) is 0 Å². The Morgan fingerprint density at radius 2 is 1.73 bits per heavy atom. The van der Waals surface area contributed by atoms with Crippen molar-refractivity contribution < 1.29 is 13.9 Å². The Hall–Kier alpha value is -4.45. The lowest BCUT2D eigenvalue weighted by atomic mass is 10.0. The van der Waals surface area contributed by atoms with Crippen LogP contribution in [0.25, 0.3) is 33.3 Å². The van der Waals surface area contributed by atoms with E-state index >= 15 is 0 Å². The summed E-state index contributed by atoms with van der Waals surface area (Å²) in [5.74, 6) is -0.398. The van der Waals surface area contributed by atoms with Crippen LogP contribution in [0.5, 0.6) is 5.75 Å². The molecule has 0 aliphatic heterocycles. The smallest absolute Gasteiger partial charge is 0.248 e. The third-order valence-corrected chi connectivity index (χ3v) is 5.46. The molecule has 162 valence electrons. The molecule has 1 amide bonds. The number of hydrogen-bond donors (Lipinski definition) is 2. The Morgan fingerprint density at radius 3 is 2.48 bits per heavy atom. The lowest BCUT2D eigenvalue weighted by Crippen LogP contribution is -2.10. The van der Waals surface area contributed by atoms with Gasteiger partial charge in [0.2, 0.25) is 5.91 Å². The number of primary amides is 1. The first kappa shape index (κ1) is 20.5. The quantitative estimate of drug-likeness (QED) is 0.357. The van der Waals surface area contributed by atoms with Crippen molar-refractivity contribution in [3.05, 3.63) is 108 Å². The highest BCUT2D eigenvalue weighted by Crippen LogP contribution is 2.33. The molecule has 0 spiro atoms. The number of rotatable bonds is 6. The number of carbonyl (C=O) groups is 1. The van der Waals surface area contributed by atoms with Gasteiger partial charge in [-0.25, -0.2) is 9.37 Å². The summed E-state index contributed by atoms with van der Waals surface area (Å²) < 4.78 is 20.3. The molecule has 5 aromatic rings. The summed E-state index contributed by atoms with van der Waals surface area (Å²) in [6, 6.07) is 23.4. The van der Waals surface area contributed by atoms with Gasteiger partial charge < -0.3 is 15.5 Å². The van der Waals surface area contributed by atoms with E-state index < -0.39 is 5.91 Å². The van der Waals surface area contributed by atoms with Crippen molar-refractivity contribution in [2.24, 2.45) is 5.73 Å². The predicted octanol–water partition coefficient (Wildman–Crippen LogP) is 5.71. The lowest BCUT2D eigenvalue weighted by molar-refractivity contribution is 0.100. The number of halogens is 1. The van der Waals surface area contributed by atoms with E-state index in [2.05, 4.69) is 9.97 Å². The van der Waals surface area contributed by atoms with Gasteiger partial charge in [0.05, 0.1) is 0 Å². The van der Waals surface area contributed by atoms with Gasteiger partial charge in [-0.05, 0) is 47.0 Å². The molecule has 33 heavy (non-hydrogen) atoms. The highest BCUT2D eigenvalue weighted by molar-refractivity contribution is 5.96. The first-order valence-corrected chi connectivity index (χ1v) is 10.4. The minimum absolute atomic E-state index is 0.352. The van der Waals surface area contributed by atoms with Gasteiger partial charge in [-0.1, -0.05) is 42.5 Å². The molecule has 2 aromatic heterocycles. The second-order valence-corrected chi connectivity index (χ2v) is 7.71. The van der Waals surface area contributed by atoms with Crippen LogP contribution in [0, 0.1) is 5.82 Å². The molecule has 3 aromatic carbocycles. The van der Waals surface area contributed by atoms with Crippen LogP contribution < -0.4 is 10.5 Å². The molecule has 0 bridgehead atoms. The number of benzene rings is 3. The SMILES string of the molecule is NC(=O)c1ccc(-c2cnc3[nH]cc(-c4cc(F)cc(OCc5ccccc5)c4)c3c2)cc1. The maximum Gasteiger partial charge on any atom is 0.248 e. The number of fused-ring (bicyclic) bond motifs is 1. The van der Waals surface area contributed by atoms with E-state index in [0.29, 0.717) is 29.1 Å². The number of pyridine rings is 1. The number of aromatic nitrogens is 2. The van der Waals surface area contributed by atoms with E-state index in [9.17, 15) is 9.18 Å². The number of aromatic amines is 1. The number of ether oxygens (including phenoxy) is 1. The molecule has 5 rings (SSSR count). The Bertz CT molecular complexity index is 1440. The average molecular weight is 437 g/mol. The van der Waals surface area contributed by atoms with Crippen molar-refractivity contribution in [1.29, 1.82) is 0 Å². The molecule has 2 heterocycles. The molecule has 0 atom stereocenters. The van der Waals surface area contributed by atoms with Gasteiger partial charge in [0, 0.05) is 40.5 Å². The number of amides is 1. The topological polar surface area (TPSA) is 81.0 Å². The zero-order valence-electron chi connectivity index (χ0n) is 17.6. The molecule has 3 N–H and O–H groups in total. The van der Waals surface area contributed by atoms with Crippen molar-refractivity contribution in [2.45, 2.75) is 6.61 Å². The molecular weight excluding hydrogens is 417 g/mol. The summed E-state index contributed by atoms with van der Waals surface area (Å²) in [6.07, 6.45) is 3.56. The van der Waals surface area contributed by atoms with Crippen molar-refractivity contribution >= 4 is 16.9 Å². The maximum atomic E-state index is 14.4. The van der Waals surface area contributed by atoms with Gasteiger partial charge in [0.1, 0.15) is 23.8 Å². The molecule has 0 saturated carbocycles. The number of H-pyrrole nitrogens is 1. The Balaban J connectivity index is 1.48.